The molecule has 1 aliphatic rings. The normalized spacial score (nSPS) is 16.7. The fraction of sp³-hybridized carbons (Fsp3) is 0.207. The number of amides is 2. The number of carbonyl (C=O) groups is 2. The second-order valence-electron chi connectivity index (χ2n) is 8.92. The monoisotopic (exact) mass is 499 g/mol. The number of hydrogen-bond acceptors (Lipinski definition) is 4. The highest BCUT2D eigenvalue weighted by molar-refractivity contribution is 8.05. The van der Waals surface area contributed by atoms with E-state index in [4.69, 9.17) is 0 Å². The molecule has 3 aromatic carbocycles. The van der Waals surface area contributed by atoms with Crippen LogP contribution in [0.1, 0.15) is 36.5 Å². The lowest BCUT2D eigenvalue weighted by atomic mass is 10.0. The Labute approximate surface area is 214 Å². The van der Waals surface area contributed by atoms with E-state index in [1.807, 2.05) is 49.4 Å². The first-order valence-electron chi connectivity index (χ1n) is 11.6. The Bertz CT molecular complexity index is 1360. The van der Waals surface area contributed by atoms with Gasteiger partial charge in [0.1, 0.15) is 22.5 Å². The predicted molar refractivity (Wildman–Crippen MR) is 142 cm³/mol. The molecule has 1 atom stereocenters. The summed E-state index contributed by atoms with van der Waals surface area (Å²) in [5.41, 5.74) is 3.82. The lowest BCUT2D eigenvalue weighted by molar-refractivity contribution is -0.117. The summed E-state index contributed by atoms with van der Waals surface area (Å²) in [6.45, 7) is 6.03. The summed E-state index contributed by atoms with van der Waals surface area (Å²) in [6.07, 6.45) is 0.339. The van der Waals surface area contributed by atoms with Gasteiger partial charge in [0.2, 0.25) is 5.91 Å². The highest BCUT2D eigenvalue weighted by Gasteiger charge is 2.40. The summed E-state index contributed by atoms with van der Waals surface area (Å²) in [7, 11) is 0. The van der Waals surface area contributed by atoms with E-state index in [0.29, 0.717) is 23.7 Å². The van der Waals surface area contributed by atoms with E-state index < -0.39 is 11.2 Å². The third-order valence-corrected chi connectivity index (χ3v) is 7.31. The molecule has 1 aliphatic heterocycles. The Morgan fingerprint density at radius 2 is 1.75 bits per heavy atom. The van der Waals surface area contributed by atoms with Crippen LogP contribution in [-0.2, 0) is 16.0 Å². The highest BCUT2D eigenvalue weighted by Crippen LogP contribution is 2.42. The number of para-hydroxylation sites is 1. The molecule has 182 valence electrons. The molecule has 0 bridgehead atoms. The number of carbonyl (C=O) groups excluding carboxylic acids is 2. The van der Waals surface area contributed by atoms with E-state index in [0.717, 1.165) is 16.7 Å². The van der Waals surface area contributed by atoms with Crippen molar-refractivity contribution in [2.24, 2.45) is 0 Å². The summed E-state index contributed by atoms with van der Waals surface area (Å²) in [6, 6.07) is 22.9. The molecule has 0 spiro atoms. The third-order valence-electron chi connectivity index (χ3n) is 6.05. The van der Waals surface area contributed by atoms with E-state index in [2.05, 4.69) is 19.2 Å². The van der Waals surface area contributed by atoms with E-state index in [-0.39, 0.29) is 22.3 Å². The number of hydrogen-bond donors (Lipinski definition) is 1. The van der Waals surface area contributed by atoms with Crippen LogP contribution in [0.25, 0.3) is 0 Å². The van der Waals surface area contributed by atoms with Gasteiger partial charge in [0, 0.05) is 11.4 Å². The Morgan fingerprint density at radius 1 is 1.08 bits per heavy atom. The number of rotatable bonds is 6. The minimum absolute atomic E-state index is 0.133. The van der Waals surface area contributed by atoms with Gasteiger partial charge in [0.15, 0.2) is 0 Å². The molecule has 36 heavy (non-hydrogen) atoms. The fourth-order valence-corrected chi connectivity index (χ4v) is 5.27. The van der Waals surface area contributed by atoms with Crippen LogP contribution in [0, 0.1) is 24.1 Å². The van der Waals surface area contributed by atoms with E-state index in [1.54, 1.807) is 24.3 Å². The van der Waals surface area contributed by atoms with E-state index >= 15 is 0 Å². The van der Waals surface area contributed by atoms with Crippen LogP contribution in [-0.4, -0.2) is 17.1 Å². The number of halogens is 1. The van der Waals surface area contributed by atoms with Crippen LogP contribution < -0.4 is 10.2 Å². The molecule has 3 aromatic rings. The molecule has 1 saturated heterocycles. The maximum Gasteiger partial charge on any atom is 0.269 e. The summed E-state index contributed by atoms with van der Waals surface area (Å²) < 4.78 is 13.4. The van der Waals surface area contributed by atoms with Crippen LogP contribution in [0.4, 0.5) is 15.8 Å². The first kappa shape index (κ1) is 25.2. The molecule has 2 amide bonds. The first-order chi connectivity index (χ1) is 17.3. The van der Waals surface area contributed by atoms with Crippen molar-refractivity contribution in [3.05, 3.63) is 106 Å². The molecule has 0 saturated carbocycles. The third kappa shape index (κ3) is 5.34. The zero-order valence-corrected chi connectivity index (χ0v) is 21.1. The summed E-state index contributed by atoms with van der Waals surface area (Å²) in [5.74, 6) is -0.837. The minimum Gasteiger partial charge on any atom is -0.321 e. The molecular formula is C29H26FN3O2S. The molecule has 1 unspecified atom stereocenters. The van der Waals surface area contributed by atoms with Crippen LogP contribution >= 0.6 is 11.8 Å². The Hall–Kier alpha value is -3.89. The van der Waals surface area contributed by atoms with Crippen molar-refractivity contribution in [2.75, 3.05) is 10.2 Å². The van der Waals surface area contributed by atoms with Gasteiger partial charge in [0.25, 0.3) is 5.91 Å². The van der Waals surface area contributed by atoms with Crippen molar-refractivity contribution in [3.63, 3.8) is 0 Å². The second-order valence-corrected chi connectivity index (χ2v) is 10.1. The van der Waals surface area contributed by atoms with Gasteiger partial charge in [-0.3, -0.25) is 14.5 Å². The number of benzene rings is 3. The quantitative estimate of drug-likeness (QED) is 0.318. The molecule has 4 rings (SSSR count). The molecule has 7 heteroatoms. The summed E-state index contributed by atoms with van der Waals surface area (Å²) in [4.78, 5) is 28.3. The molecule has 1 N–H and O–H groups in total. The Morgan fingerprint density at radius 3 is 2.36 bits per heavy atom. The molecular weight excluding hydrogens is 473 g/mol. The zero-order chi connectivity index (χ0) is 25.8. The predicted octanol–water partition coefficient (Wildman–Crippen LogP) is 6.32. The second kappa shape index (κ2) is 10.8. The molecule has 1 fully saturated rings. The largest absolute Gasteiger partial charge is 0.321 e. The number of nitriles is 1. The van der Waals surface area contributed by atoms with Gasteiger partial charge in [-0.25, -0.2) is 4.39 Å². The number of nitrogens with zero attached hydrogens (tertiary/aromatic N) is 2. The van der Waals surface area contributed by atoms with Gasteiger partial charge < -0.3 is 5.32 Å². The van der Waals surface area contributed by atoms with Gasteiger partial charge in [-0.05, 0) is 66.3 Å². The van der Waals surface area contributed by atoms with Crippen molar-refractivity contribution in [1.82, 2.24) is 0 Å². The zero-order valence-electron chi connectivity index (χ0n) is 20.3. The summed E-state index contributed by atoms with van der Waals surface area (Å²) in [5, 5.41) is 12.5. The SMILES string of the molecule is Cc1ccccc1NC(=O)/C(C#N)=C1\SC(Cc2ccc(F)cc2)C(=O)N1c1ccc(C(C)C)cc1. The van der Waals surface area contributed by atoms with Gasteiger partial charge in [-0.15, -0.1) is 0 Å². The van der Waals surface area contributed by atoms with Gasteiger partial charge in [-0.1, -0.05) is 68.1 Å². The Balaban J connectivity index is 1.73. The average molecular weight is 500 g/mol. The number of aryl methyl sites for hydroxylation is 1. The van der Waals surface area contributed by atoms with Crippen LogP contribution in [0.5, 0.6) is 0 Å². The van der Waals surface area contributed by atoms with Crippen molar-refractivity contribution in [3.8, 4) is 6.07 Å². The number of thioether (sulfide) groups is 1. The lowest BCUT2D eigenvalue weighted by Crippen LogP contribution is -2.31. The molecule has 0 aromatic heterocycles. The molecule has 1 heterocycles. The maximum absolute atomic E-state index is 13.6. The maximum atomic E-state index is 13.6. The number of nitrogens with one attached hydrogen (secondary N) is 1. The summed E-state index contributed by atoms with van der Waals surface area (Å²) >= 11 is 1.19. The average Bonchev–Trinajstić information content (AvgIpc) is 3.17. The van der Waals surface area contributed by atoms with Crippen molar-refractivity contribution < 1.29 is 14.0 Å². The van der Waals surface area contributed by atoms with Gasteiger partial charge in [0.05, 0.1) is 5.25 Å². The van der Waals surface area contributed by atoms with E-state index in [1.165, 1.54) is 28.8 Å². The fourth-order valence-electron chi connectivity index (χ4n) is 3.96. The standard InChI is InChI=1S/C29H26FN3O2S/c1-18(2)21-10-14-23(15-11-21)33-28(35)26(16-20-8-12-22(30)13-9-20)36-29(33)24(17-31)27(34)32-25-7-5-4-6-19(25)3/h4-15,18,26H,16H2,1-3H3,(H,32,34)/b29-24-. The Kier molecular flexibility index (Phi) is 7.56. The highest BCUT2D eigenvalue weighted by atomic mass is 32.2. The van der Waals surface area contributed by atoms with Crippen molar-refractivity contribution in [1.29, 1.82) is 5.26 Å². The topological polar surface area (TPSA) is 73.2 Å². The smallest absolute Gasteiger partial charge is 0.269 e. The van der Waals surface area contributed by atoms with Gasteiger partial charge >= 0.3 is 0 Å². The lowest BCUT2D eigenvalue weighted by Gasteiger charge is -2.19. The number of anilines is 2. The minimum atomic E-state index is -0.576. The van der Waals surface area contributed by atoms with Crippen LogP contribution in [0.2, 0.25) is 0 Å². The molecule has 0 aliphatic carbocycles. The van der Waals surface area contributed by atoms with Crippen LogP contribution in [0.3, 0.4) is 0 Å². The van der Waals surface area contributed by atoms with Crippen LogP contribution in [0.15, 0.2) is 83.4 Å². The van der Waals surface area contributed by atoms with Crippen molar-refractivity contribution in [2.45, 2.75) is 38.4 Å². The molecule has 5 nitrogen and oxygen atoms in total. The van der Waals surface area contributed by atoms with Crippen molar-refractivity contribution >= 4 is 35.0 Å². The molecule has 0 radical (unpaired) electrons. The van der Waals surface area contributed by atoms with E-state index in [9.17, 15) is 19.2 Å². The van der Waals surface area contributed by atoms with Gasteiger partial charge in [-0.2, -0.15) is 5.26 Å². The first-order valence-corrected chi connectivity index (χ1v) is 12.5.